The number of ketones is 1. The number of benzene rings is 2. The second kappa shape index (κ2) is 17.9. The molecule has 2 aromatic rings. The molecule has 1 saturated heterocycles. The van der Waals surface area contributed by atoms with Crippen molar-refractivity contribution >= 4 is 29.8 Å². The zero-order valence-electron chi connectivity index (χ0n) is 35.4. The van der Waals surface area contributed by atoms with Gasteiger partial charge in [0, 0.05) is 25.2 Å². The van der Waals surface area contributed by atoms with Gasteiger partial charge in [-0.15, -0.1) is 0 Å². The van der Waals surface area contributed by atoms with E-state index in [0.29, 0.717) is 5.56 Å². The minimum atomic E-state index is -2.35. The summed E-state index contributed by atoms with van der Waals surface area (Å²) >= 11 is 0. The van der Waals surface area contributed by atoms with Crippen LogP contribution in [0.2, 0.25) is 0 Å². The molecule has 6 rings (SSSR count). The number of ether oxygens (including phenoxy) is 5. The van der Waals surface area contributed by atoms with E-state index in [1.165, 1.54) is 26.0 Å². The zero-order chi connectivity index (χ0) is 42.7. The third-order valence-electron chi connectivity index (χ3n) is 12.6. The molecule has 61 heavy (non-hydrogen) atoms. The molecule has 2 saturated carbocycles. The Morgan fingerprint density at radius 1 is 0.918 bits per heavy atom. The summed E-state index contributed by atoms with van der Waals surface area (Å²) < 4.78 is 29.5. The van der Waals surface area contributed by atoms with Crippen LogP contribution < -0.4 is 5.32 Å². The molecule has 2 bridgehead atoms. The maximum Gasteiger partial charge on any atom is 0.408 e. The first-order valence-corrected chi connectivity index (χ1v) is 19.3. The Morgan fingerprint density at radius 3 is 2.02 bits per heavy atom. The zero-order valence-corrected chi connectivity index (χ0v) is 35.4. The normalized spacial score (nSPS) is 32.0. The van der Waals surface area contributed by atoms with Crippen molar-refractivity contribution in [3.63, 3.8) is 0 Å². The number of nitrogens with one attached hydrogen (secondary N) is 1. The molecule has 1 aliphatic heterocycles. The molecular weight excluding hydrogens is 802 g/mol. The van der Waals surface area contributed by atoms with E-state index in [4.69, 9.17) is 23.7 Å². The molecule has 4 aliphatic rings. The third-order valence-corrected chi connectivity index (χ3v) is 12.6. The van der Waals surface area contributed by atoms with Gasteiger partial charge >= 0.3 is 24.0 Å². The first-order chi connectivity index (χ1) is 27.0. The predicted molar refractivity (Wildman–Crippen MR) is 214 cm³/mol. The molecule has 11 N–H and O–H groups in total. The van der Waals surface area contributed by atoms with Gasteiger partial charge in [0.2, 0.25) is 0 Å². The van der Waals surface area contributed by atoms with E-state index >= 15 is 0 Å². The van der Waals surface area contributed by atoms with Crippen LogP contribution in [0.5, 0.6) is 0 Å². The largest absolute Gasteiger partial charge is 0.456 e. The van der Waals surface area contributed by atoms with E-state index in [9.17, 15) is 44.4 Å². The number of rotatable bonds is 8. The maximum atomic E-state index is 14.9. The molecule has 0 radical (unpaired) electrons. The van der Waals surface area contributed by atoms with Gasteiger partial charge in [-0.05, 0) is 63.5 Å². The quantitative estimate of drug-likeness (QED) is 0.139. The van der Waals surface area contributed by atoms with Crippen molar-refractivity contribution in [1.82, 2.24) is 5.32 Å². The van der Waals surface area contributed by atoms with Gasteiger partial charge in [-0.3, -0.25) is 9.59 Å². The van der Waals surface area contributed by atoms with Crippen LogP contribution in [-0.4, -0.2) is 127 Å². The van der Waals surface area contributed by atoms with Gasteiger partial charge in [0.05, 0.1) is 35.6 Å². The van der Waals surface area contributed by atoms with Crippen LogP contribution in [-0.2, 0) is 38.1 Å². The van der Waals surface area contributed by atoms with Crippen molar-refractivity contribution < 1.29 is 84.5 Å². The number of carbonyl (C=O) groups is 5. The van der Waals surface area contributed by atoms with Gasteiger partial charge in [0.25, 0.3) is 0 Å². The number of esters is 3. The van der Waals surface area contributed by atoms with Gasteiger partial charge in [-0.2, -0.15) is 0 Å². The van der Waals surface area contributed by atoms with Crippen molar-refractivity contribution in [2.24, 2.45) is 16.7 Å². The molecule has 2 aromatic carbocycles. The topological polar surface area (TPSA) is 319 Å². The molecule has 3 fully saturated rings. The van der Waals surface area contributed by atoms with Crippen molar-refractivity contribution in [3.8, 4) is 0 Å². The first kappa shape index (κ1) is 50.6. The summed E-state index contributed by atoms with van der Waals surface area (Å²) in [6.07, 6.45) is -11.5. The minimum absolute atomic E-state index is 0. The summed E-state index contributed by atoms with van der Waals surface area (Å²) in [6.45, 7) is 11.8. The number of aliphatic hydroxyl groups is 4. The third kappa shape index (κ3) is 8.55. The van der Waals surface area contributed by atoms with Gasteiger partial charge in [-0.1, -0.05) is 62.4 Å². The molecule has 18 heteroatoms. The highest BCUT2D eigenvalue weighted by atomic mass is 16.6. The Balaban J connectivity index is 0.00000331. The summed E-state index contributed by atoms with van der Waals surface area (Å²) in [5, 5.41) is 51.6. The fourth-order valence-corrected chi connectivity index (χ4v) is 9.56. The van der Waals surface area contributed by atoms with Crippen LogP contribution in [0.1, 0.15) is 90.2 Å². The van der Waals surface area contributed by atoms with Gasteiger partial charge < -0.3 is 65.9 Å². The minimum Gasteiger partial charge on any atom is -0.456 e. The Kier molecular flexibility index (Phi) is 14.8. The Labute approximate surface area is 353 Å². The summed E-state index contributed by atoms with van der Waals surface area (Å²) in [4.78, 5) is 68.9. The van der Waals surface area contributed by atoms with Crippen LogP contribution >= 0.6 is 0 Å². The standard InChI is InChI=1S/C43H53NO14.3H2O/c1-22-26(55-37(51)32(48)30(24-15-11-9-12-16-24)44-38(52)58-39(3,4)5)20-43(53)35(56-36(50)25-17-13-10-14-18-25)33-41(8,34(49)31(47)29(22)40(43,6)7)27(46)19-28-42(33,21-54-28)57-23(2)45;;;/h9-18,26-28,30-33,35,46-48,53H,19-21H2,1-8H3,(H,44,52);3*1H2/t26?,27?,28?,30?,31?,32?,33?,35?,41-,42+,43-;;;/m1.../s1. The summed E-state index contributed by atoms with van der Waals surface area (Å²) in [5.41, 5.74) is -8.14. The smallest absolute Gasteiger partial charge is 0.408 e. The number of aliphatic hydroxyl groups excluding tert-OH is 3. The lowest BCUT2D eigenvalue weighted by Gasteiger charge is -2.67. The Morgan fingerprint density at radius 2 is 1.49 bits per heavy atom. The molecular formula is C43H59NO17. The molecule has 8 unspecified atom stereocenters. The molecule has 11 atom stereocenters. The van der Waals surface area contributed by atoms with E-state index in [2.05, 4.69) is 5.32 Å². The lowest BCUT2D eigenvalue weighted by Crippen LogP contribution is -2.81. The van der Waals surface area contributed by atoms with E-state index in [1.807, 2.05) is 0 Å². The highest BCUT2D eigenvalue weighted by molar-refractivity contribution is 5.94. The van der Waals surface area contributed by atoms with Crippen molar-refractivity contribution in [3.05, 3.63) is 82.9 Å². The number of fused-ring (bicyclic) bond motifs is 5. The maximum absolute atomic E-state index is 14.9. The van der Waals surface area contributed by atoms with Crippen molar-refractivity contribution in [1.29, 1.82) is 0 Å². The van der Waals surface area contributed by atoms with Gasteiger partial charge in [0.1, 0.15) is 35.6 Å². The molecule has 0 aromatic heterocycles. The second-order valence-corrected chi connectivity index (χ2v) is 17.6. The van der Waals surface area contributed by atoms with Crippen LogP contribution in [0.4, 0.5) is 4.79 Å². The van der Waals surface area contributed by atoms with Crippen LogP contribution in [0.25, 0.3) is 0 Å². The van der Waals surface area contributed by atoms with Crippen molar-refractivity contribution in [2.75, 3.05) is 6.61 Å². The number of hydrogen-bond donors (Lipinski definition) is 5. The lowest BCUT2D eigenvalue weighted by atomic mass is 9.44. The average Bonchev–Trinajstić information content (AvgIpc) is 3.14. The van der Waals surface area contributed by atoms with E-state index in [0.717, 1.165) is 6.92 Å². The van der Waals surface area contributed by atoms with E-state index < -0.39 is 112 Å². The molecule has 18 nitrogen and oxygen atoms in total. The van der Waals surface area contributed by atoms with Gasteiger partial charge in [-0.25, -0.2) is 14.4 Å². The molecule has 3 aliphatic carbocycles. The fourth-order valence-electron chi connectivity index (χ4n) is 9.56. The highest BCUT2D eigenvalue weighted by Crippen LogP contribution is 2.64. The summed E-state index contributed by atoms with van der Waals surface area (Å²) in [5.74, 6) is -5.36. The Bertz CT molecular complexity index is 1980. The Hall–Kier alpha value is -4.79. The number of hydrogen-bond acceptors (Lipinski definition) is 14. The summed E-state index contributed by atoms with van der Waals surface area (Å²) in [7, 11) is 0. The second-order valence-electron chi connectivity index (χ2n) is 17.6. The number of carbonyl (C=O) groups excluding carboxylic acids is 5. The van der Waals surface area contributed by atoms with Gasteiger partial charge in [0.15, 0.2) is 17.5 Å². The SMILES string of the molecule is CC(=O)O[C@@]12COC1CC(O)[C@@]1(C)C(=O)C(O)C3=C(C)C(OC(=O)C(O)C(NC(=O)OC(C)(C)C)c4ccccc4)C[C@@](O)(C(OC(=O)c4ccccc4)C21)C3(C)C.O.O.O. The predicted octanol–water partition coefficient (Wildman–Crippen LogP) is 0.786. The first-order valence-electron chi connectivity index (χ1n) is 19.3. The monoisotopic (exact) mass is 861 g/mol. The molecule has 1 amide bonds. The number of Topliss-reactive ketones (excluding diaryl/α,β-unsaturated/α-hetero) is 1. The van der Waals surface area contributed by atoms with Crippen LogP contribution in [0.15, 0.2) is 71.8 Å². The summed E-state index contributed by atoms with van der Waals surface area (Å²) in [6, 6.07) is 14.6. The highest BCUT2D eigenvalue weighted by Gasteiger charge is 2.78. The van der Waals surface area contributed by atoms with Crippen LogP contribution in [0.3, 0.4) is 0 Å². The van der Waals surface area contributed by atoms with E-state index in [-0.39, 0.29) is 46.2 Å². The fraction of sp³-hybridized carbons (Fsp3) is 0.558. The number of alkyl carbamates (subject to hydrolysis) is 1. The number of amides is 1. The van der Waals surface area contributed by atoms with Crippen LogP contribution in [0, 0.1) is 16.7 Å². The lowest BCUT2D eigenvalue weighted by molar-refractivity contribution is -0.346. The van der Waals surface area contributed by atoms with Crippen molar-refractivity contribution in [2.45, 2.75) is 128 Å². The molecule has 1 heterocycles. The van der Waals surface area contributed by atoms with E-state index in [1.54, 1.807) is 83.1 Å². The average molecular weight is 862 g/mol. The molecule has 0 spiro atoms. The molecule has 338 valence electrons.